The van der Waals surface area contributed by atoms with Crippen LogP contribution >= 0.6 is 0 Å². The van der Waals surface area contributed by atoms with Crippen molar-refractivity contribution in [3.63, 3.8) is 0 Å². The monoisotopic (exact) mass is 416 g/mol. The predicted octanol–water partition coefficient (Wildman–Crippen LogP) is 3.83. The molecular formula is C22H28N2O4S. The minimum absolute atomic E-state index is 0.0835. The second-order valence-electron chi connectivity index (χ2n) is 7.54. The van der Waals surface area contributed by atoms with Crippen molar-refractivity contribution in [3.05, 3.63) is 54.1 Å². The summed E-state index contributed by atoms with van der Waals surface area (Å²) >= 11 is 0. The summed E-state index contributed by atoms with van der Waals surface area (Å²) in [7, 11) is -0.750. The Balaban J connectivity index is 1.80. The standard InChI is InChI=1S/C22H28N2O4S/c1-16-7-4-5-10-21(16)23-22(25)17-8-6-9-20(15-17)29(26,27)24(2)18-11-13-19(28-3)14-12-18/h6,8-9,11-16,21H,4-5,7,10H2,1-3H3,(H,23,25)/t16-,21-/m0/s1. The SMILES string of the molecule is COc1ccc(N(C)S(=O)(=O)c2cccc(C(=O)N[C@H]3CCCC[C@@H]3C)c2)cc1. The lowest BCUT2D eigenvalue weighted by atomic mass is 9.86. The second kappa shape index (κ2) is 8.86. The number of rotatable bonds is 6. The molecular weight excluding hydrogens is 388 g/mol. The van der Waals surface area contributed by atoms with E-state index in [2.05, 4.69) is 12.2 Å². The van der Waals surface area contributed by atoms with E-state index >= 15 is 0 Å². The Hall–Kier alpha value is -2.54. The Kier molecular flexibility index (Phi) is 6.47. The van der Waals surface area contributed by atoms with Gasteiger partial charge < -0.3 is 10.1 Å². The van der Waals surface area contributed by atoms with Gasteiger partial charge in [-0.25, -0.2) is 8.42 Å². The van der Waals surface area contributed by atoms with E-state index in [0.29, 0.717) is 22.9 Å². The molecule has 2 aromatic carbocycles. The van der Waals surface area contributed by atoms with Crippen molar-refractivity contribution in [3.8, 4) is 5.75 Å². The van der Waals surface area contributed by atoms with Gasteiger partial charge >= 0.3 is 0 Å². The highest BCUT2D eigenvalue weighted by Crippen LogP contribution is 2.26. The lowest BCUT2D eigenvalue weighted by molar-refractivity contribution is 0.0910. The maximum Gasteiger partial charge on any atom is 0.264 e. The van der Waals surface area contributed by atoms with Crippen LogP contribution in [0.1, 0.15) is 43.0 Å². The zero-order valence-corrected chi connectivity index (χ0v) is 17.9. The van der Waals surface area contributed by atoms with Crippen molar-refractivity contribution in [1.29, 1.82) is 0 Å². The van der Waals surface area contributed by atoms with E-state index in [0.717, 1.165) is 19.3 Å². The molecule has 1 amide bonds. The molecule has 0 spiro atoms. The van der Waals surface area contributed by atoms with Crippen LogP contribution in [0.5, 0.6) is 5.75 Å². The molecule has 29 heavy (non-hydrogen) atoms. The van der Waals surface area contributed by atoms with Crippen LogP contribution in [0.25, 0.3) is 0 Å². The number of nitrogens with one attached hydrogen (secondary N) is 1. The zero-order valence-electron chi connectivity index (χ0n) is 17.1. The third kappa shape index (κ3) is 4.72. The van der Waals surface area contributed by atoms with E-state index in [1.807, 2.05) is 0 Å². The van der Waals surface area contributed by atoms with Crippen LogP contribution in [0.3, 0.4) is 0 Å². The third-order valence-corrected chi connectivity index (χ3v) is 7.40. The van der Waals surface area contributed by atoms with Crippen LogP contribution < -0.4 is 14.4 Å². The van der Waals surface area contributed by atoms with Crippen molar-refractivity contribution < 1.29 is 17.9 Å². The summed E-state index contributed by atoms with van der Waals surface area (Å²) in [5, 5.41) is 3.08. The van der Waals surface area contributed by atoms with Crippen molar-refractivity contribution in [1.82, 2.24) is 5.32 Å². The number of amides is 1. The Morgan fingerprint density at radius 3 is 2.45 bits per heavy atom. The number of nitrogens with zero attached hydrogens (tertiary/aromatic N) is 1. The van der Waals surface area contributed by atoms with Crippen LogP contribution in [-0.4, -0.2) is 34.5 Å². The van der Waals surface area contributed by atoms with Gasteiger partial charge in [0.1, 0.15) is 5.75 Å². The minimum Gasteiger partial charge on any atom is -0.497 e. The second-order valence-corrected chi connectivity index (χ2v) is 9.51. The van der Waals surface area contributed by atoms with Gasteiger partial charge in [0, 0.05) is 18.7 Å². The van der Waals surface area contributed by atoms with Gasteiger partial charge in [-0.05, 0) is 61.2 Å². The van der Waals surface area contributed by atoms with Gasteiger partial charge in [-0.3, -0.25) is 9.10 Å². The molecule has 1 aliphatic rings. The van der Waals surface area contributed by atoms with E-state index in [4.69, 9.17) is 4.74 Å². The highest BCUT2D eigenvalue weighted by molar-refractivity contribution is 7.92. The van der Waals surface area contributed by atoms with Crippen LogP contribution in [0.15, 0.2) is 53.4 Å². The first-order valence-electron chi connectivity index (χ1n) is 9.87. The number of hydrogen-bond donors (Lipinski definition) is 1. The molecule has 1 saturated carbocycles. The molecule has 2 atom stereocenters. The number of sulfonamides is 1. The van der Waals surface area contributed by atoms with E-state index in [1.54, 1.807) is 43.5 Å². The Morgan fingerprint density at radius 1 is 1.10 bits per heavy atom. The molecule has 0 bridgehead atoms. The smallest absolute Gasteiger partial charge is 0.264 e. The van der Waals surface area contributed by atoms with E-state index in [1.165, 1.54) is 29.9 Å². The quantitative estimate of drug-likeness (QED) is 0.777. The summed E-state index contributed by atoms with van der Waals surface area (Å²) in [4.78, 5) is 12.8. The number of carbonyl (C=O) groups excluding carboxylic acids is 1. The Morgan fingerprint density at radius 2 is 1.79 bits per heavy atom. The summed E-state index contributed by atoms with van der Waals surface area (Å²) < 4.78 is 32.5. The van der Waals surface area contributed by atoms with Crippen LogP contribution in [-0.2, 0) is 10.0 Å². The van der Waals surface area contributed by atoms with Crippen molar-refractivity contribution in [2.75, 3.05) is 18.5 Å². The molecule has 3 rings (SSSR count). The fourth-order valence-corrected chi connectivity index (χ4v) is 4.91. The van der Waals surface area contributed by atoms with Gasteiger partial charge in [0.25, 0.3) is 15.9 Å². The number of benzene rings is 2. The number of anilines is 1. The molecule has 0 unspecified atom stereocenters. The van der Waals surface area contributed by atoms with Gasteiger partial charge in [-0.1, -0.05) is 25.8 Å². The van der Waals surface area contributed by atoms with Gasteiger partial charge in [0.05, 0.1) is 17.7 Å². The Labute approximate surface area is 172 Å². The van der Waals surface area contributed by atoms with Crippen molar-refractivity contribution >= 4 is 21.6 Å². The van der Waals surface area contributed by atoms with Gasteiger partial charge in [-0.15, -0.1) is 0 Å². The molecule has 7 heteroatoms. The molecule has 0 heterocycles. The topological polar surface area (TPSA) is 75.7 Å². The number of methoxy groups -OCH3 is 1. The average molecular weight is 417 g/mol. The number of ether oxygens (including phenoxy) is 1. The zero-order chi connectivity index (χ0) is 21.0. The molecule has 6 nitrogen and oxygen atoms in total. The summed E-state index contributed by atoms with van der Waals surface area (Å²) in [6, 6.07) is 13.1. The van der Waals surface area contributed by atoms with Gasteiger partial charge in [-0.2, -0.15) is 0 Å². The lowest BCUT2D eigenvalue weighted by Crippen LogP contribution is -2.41. The van der Waals surface area contributed by atoms with E-state index in [-0.39, 0.29) is 16.8 Å². The normalized spacial score (nSPS) is 19.4. The summed E-state index contributed by atoms with van der Waals surface area (Å²) in [6.07, 6.45) is 4.37. The maximum atomic E-state index is 13.1. The van der Waals surface area contributed by atoms with Crippen LogP contribution in [0.4, 0.5) is 5.69 Å². The molecule has 156 valence electrons. The summed E-state index contributed by atoms with van der Waals surface area (Å²) in [5.41, 5.74) is 0.865. The van der Waals surface area contributed by atoms with Gasteiger partial charge in [0.2, 0.25) is 0 Å². The van der Waals surface area contributed by atoms with Crippen LogP contribution in [0, 0.1) is 5.92 Å². The molecule has 0 aromatic heterocycles. The number of carbonyl (C=O) groups is 1. The molecule has 0 saturated heterocycles. The molecule has 0 radical (unpaired) electrons. The van der Waals surface area contributed by atoms with Crippen LogP contribution in [0.2, 0.25) is 0 Å². The average Bonchev–Trinajstić information content (AvgIpc) is 2.75. The number of hydrogen-bond acceptors (Lipinski definition) is 4. The first kappa shape index (κ1) is 21.2. The minimum atomic E-state index is -3.80. The third-order valence-electron chi connectivity index (χ3n) is 5.62. The lowest BCUT2D eigenvalue weighted by Gasteiger charge is -2.29. The summed E-state index contributed by atoms with van der Waals surface area (Å²) in [5.74, 6) is 0.851. The maximum absolute atomic E-state index is 13.1. The van der Waals surface area contributed by atoms with E-state index in [9.17, 15) is 13.2 Å². The van der Waals surface area contributed by atoms with Crippen molar-refractivity contribution in [2.45, 2.75) is 43.5 Å². The molecule has 0 aliphatic heterocycles. The fraction of sp³-hybridized carbons (Fsp3) is 0.409. The molecule has 1 aliphatic carbocycles. The first-order valence-corrected chi connectivity index (χ1v) is 11.3. The Bertz CT molecular complexity index is 957. The molecule has 2 aromatic rings. The predicted molar refractivity (Wildman–Crippen MR) is 114 cm³/mol. The van der Waals surface area contributed by atoms with Crippen molar-refractivity contribution in [2.24, 2.45) is 5.92 Å². The van der Waals surface area contributed by atoms with Gasteiger partial charge in [0.15, 0.2) is 0 Å². The molecule has 1 N–H and O–H groups in total. The first-order chi connectivity index (χ1) is 13.8. The fourth-order valence-electron chi connectivity index (χ4n) is 3.67. The largest absolute Gasteiger partial charge is 0.497 e. The highest BCUT2D eigenvalue weighted by atomic mass is 32.2. The molecule has 1 fully saturated rings. The van der Waals surface area contributed by atoms with E-state index < -0.39 is 10.0 Å². The highest BCUT2D eigenvalue weighted by Gasteiger charge is 2.25. The summed E-state index contributed by atoms with van der Waals surface area (Å²) in [6.45, 7) is 2.15.